The Morgan fingerprint density at radius 2 is 2.00 bits per heavy atom. The van der Waals surface area contributed by atoms with Gasteiger partial charge in [0.15, 0.2) is 0 Å². The normalized spacial score (nSPS) is 9.95. The molecule has 1 aromatic heterocycles. The summed E-state index contributed by atoms with van der Waals surface area (Å²) in [6.45, 7) is 0.194. The molecule has 0 radical (unpaired) electrons. The lowest BCUT2D eigenvalue weighted by Gasteiger charge is -2.08. The second-order valence-corrected chi connectivity index (χ2v) is 3.80. The van der Waals surface area contributed by atoms with Crippen LogP contribution in [0.1, 0.15) is 16.1 Å². The van der Waals surface area contributed by atoms with Crippen molar-refractivity contribution in [2.24, 2.45) is 0 Å². The summed E-state index contributed by atoms with van der Waals surface area (Å²) in [6, 6.07) is 10.6. The van der Waals surface area contributed by atoms with Gasteiger partial charge in [-0.2, -0.15) is 0 Å². The Bertz CT molecular complexity index is 619. The third kappa shape index (κ3) is 3.01. The molecule has 0 atom stereocenters. The molecular weight excluding hydrogens is 246 g/mol. The average molecular weight is 259 g/mol. The van der Waals surface area contributed by atoms with Crippen molar-refractivity contribution in [3.63, 3.8) is 0 Å². The third-order valence-corrected chi connectivity index (χ3v) is 2.49. The first-order chi connectivity index (χ1) is 9.22. The Morgan fingerprint density at radius 3 is 2.68 bits per heavy atom. The maximum atomic E-state index is 11.7. The molecule has 0 aliphatic carbocycles. The third-order valence-electron chi connectivity index (χ3n) is 2.49. The maximum Gasteiger partial charge on any atom is 0.290 e. The maximum absolute atomic E-state index is 11.7. The van der Waals surface area contributed by atoms with Gasteiger partial charge in [-0.1, -0.05) is 30.3 Å². The zero-order chi connectivity index (χ0) is 13.7. The van der Waals surface area contributed by atoms with Gasteiger partial charge >= 0.3 is 0 Å². The number of amides is 1. The number of nitrogens with one attached hydrogen (secondary N) is 1. The summed E-state index contributed by atoms with van der Waals surface area (Å²) in [5, 5.41) is 2.40. The highest BCUT2D eigenvalue weighted by Crippen LogP contribution is 2.14. The predicted molar refractivity (Wildman–Crippen MR) is 69.1 cm³/mol. The second-order valence-electron chi connectivity index (χ2n) is 3.80. The van der Waals surface area contributed by atoms with E-state index in [2.05, 4.69) is 5.32 Å². The Balaban J connectivity index is 2.24. The summed E-state index contributed by atoms with van der Waals surface area (Å²) in [5.41, 5.74) is 0.509. The average Bonchev–Trinajstić information content (AvgIpc) is 2.46. The molecule has 2 rings (SSSR count). The molecule has 1 aromatic carbocycles. The zero-order valence-corrected chi connectivity index (χ0v) is 10.4. The quantitative estimate of drug-likeness (QED) is 0.905. The molecular formula is C14H13NO4. The fourth-order valence-corrected chi connectivity index (χ4v) is 1.54. The van der Waals surface area contributed by atoms with Crippen LogP contribution in [0, 0.1) is 0 Å². The fourth-order valence-electron chi connectivity index (χ4n) is 1.54. The second kappa shape index (κ2) is 5.86. The fraction of sp³-hybridized carbons (Fsp3) is 0.143. The van der Waals surface area contributed by atoms with Crippen LogP contribution in [0.25, 0.3) is 0 Å². The Kier molecular flexibility index (Phi) is 3.97. The van der Waals surface area contributed by atoms with Gasteiger partial charge in [0.25, 0.3) is 5.91 Å². The van der Waals surface area contributed by atoms with E-state index in [1.807, 2.05) is 30.3 Å². The van der Waals surface area contributed by atoms with E-state index in [9.17, 15) is 9.59 Å². The zero-order valence-electron chi connectivity index (χ0n) is 10.4. The highest BCUT2D eigenvalue weighted by molar-refractivity contribution is 5.93. The van der Waals surface area contributed by atoms with Crippen molar-refractivity contribution in [3.8, 4) is 5.75 Å². The van der Waals surface area contributed by atoms with Crippen molar-refractivity contribution < 1.29 is 13.9 Å². The minimum Gasteiger partial charge on any atom is -0.481 e. The van der Waals surface area contributed by atoms with Gasteiger partial charge in [-0.05, 0) is 5.56 Å². The first-order valence-electron chi connectivity index (χ1n) is 5.73. The van der Waals surface area contributed by atoms with Crippen molar-refractivity contribution in [2.45, 2.75) is 6.61 Å². The molecule has 5 heteroatoms. The van der Waals surface area contributed by atoms with Gasteiger partial charge in [-0.3, -0.25) is 9.59 Å². The molecule has 1 amide bonds. The van der Waals surface area contributed by atoms with E-state index in [-0.39, 0.29) is 23.5 Å². The molecule has 1 heterocycles. The summed E-state index contributed by atoms with van der Waals surface area (Å²) in [7, 11) is 1.45. The van der Waals surface area contributed by atoms with Crippen LogP contribution in [0.2, 0.25) is 0 Å². The van der Waals surface area contributed by atoms with Gasteiger partial charge in [-0.15, -0.1) is 0 Å². The van der Waals surface area contributed by atoms with Crippen LogP contribution >= 0.6 is 0 Å². The van der Waals surface area contributed by atoms with Crippen molar-refractivity contribution >= 4 is 5.91 Å². The molecule has 5 nitrogen and oxygen atoms in total. The Labute approximate surface area is 109 Å². The summed E-state index contributed by atoms with van der Waals surface area (Å²) < 4.78 is 10.5. The van der Waals surface area contributed by atoms with E-state index in [0.717, 1.165) is 5.56 Å². The minimum absolute atomic E-state index is 0.0781. The van der Waals surface area contributed by atoms with Crippen molar-refractivity contribution in [1.29, 1.82) is 0 Å². The summed E-state index contributed by atoms with van der Waals surface area (Å²) in [6.07, 6.45) is 1.17. The smallest absolute Gasteiger partial charge is 0.290 e. The molecule has 0 spiro atoms. The van der Waals surface area contributed by atoms with Crippen LogP contribution in [-0.2, 0) is 6.61 Å². The molecule has 19 heavy (non-hydrogen) atoms. The summed E-state index contributed by atoms with van der Waals surface area (Å²) >= 11 is 0. The van der Waals surface area contributed by atoms with E-state index in [4.69, 9.17) is 9.15 Å². The van der Waals surface area contributed by atoms with E-state index in [1.165, 1.54) is 19.4 Å². The monoisotopic (exact) mass is 259 g/mol. The number of ether oxygens (including phenoxy) is 1. The molecule has 0 unspecified atom stereocenters. The largest absolute Gasteiger partial charge is 0.481 e. The standard InChI is InChI=1S/C14H13NO4/c1-15-14(17)13-12(11(16)7-8-18-13)19-9-10-5-3-2-4-6-10/h2-8H,9H2,1H3,(H,15,17). The SMILES string of the molecule is CNC(=O)c1occc(=O)c1OCc1ccccc1. The lowest BCUT2D eigenvalue weighted by Crippen LogP contribution is -2.21. The molecule has 0 saturated carbocycles. The van der Waals surface area contributed by atoms with Crippen LogP contribution in [0.4, 0.5) is 0 Å². The molecule has 98 valence electrons. The van der Waals surface area contributed by atoms with Crippen molar-refractivity contribution in [2.75, 3.05) is 7.05 Å². The van der Waals surface area contributed by atoms with Crippen molar-refractivity contribution in [1.82, 2.24) is 5.32 Å². The minimum atomic E-state index is -0.499. The van der Waals surface area contributed by atoms with Crippen LogP contribution in [0.3, 0.4) is 0 Å². The van der Waals surface area contributed by atoms with E-state index < -0.39 is 5.91 Å². The first kappa shape index (κ1) is 12.9. The van der Waals surface area contributed by atoms with Crippen LogP contribution in [0.5, 0.6) is 5.75 Å². The van der Waals surface area contributed by atoms with Gasteiger partial charge in [0.1, 0.15) is 6.61 Å². The highest BCUT2D eigenvalue weighted by Gasteiger charge is 2.17. The Morgan fingerprint density at radius 1 is 1.26 bits per heavy atom. The summed E-state index contributed by atoms with van der Waals surface area (Å²) in [4.78, 5) is 23.3. The molecule has 0 aliphatic rings. The van der Waals surface area contributed by atoms with Crippen LogP contribution in [0.15, 0.2) is 51.9 Å². The molecule has 0 aliphatic heterocycles. The number of carbonyl (C=O) groups excluding carboxylic acids is 1. The number of rotatable bonds is 4. The predicted octanol–water partition coefficient (Wildman–Crippen LogP) is 1.58. The van der Waals surface area contributed by atoms with Gasteiger partial charge in [-0.25, -0.2) is 0 Å². The molecule has 0 fully saturated rings. The topological polar surface area (TPSA) is 68.5 Å². The van der Waals surface area contributed by atoms with E-state index in [0.29, 0.717) is 0 Å². The van der Waals surface area contributed by atoms with Crippen molar-refractivity contribution in [3.05, 3.63) is 64.2 Å². The number of benzene rings is 1. The number of hydrogen-bond donors (Lipinski definition) is 1. The number of hydrogen-bond acceptors (Lipinski definition) is 4. The van der Waals surface area contributed by atoms with Gasteiger partial charge in [0.05, 0.1) is 6.26 Å². The molecule has 2 aromatic rings. The van der Waals surface area contributed by atoms with E-state index in [1.54, 1.807) is 0 Å². The van der Waals surface area contributed by atoms with Crippen LogP contribution in [-0.4, -0.2) is 13.0 Å². The van der Waals surface area contributed by atoms with E-state index >= 15 is 0 Å². The highest BCUT2D eigenvalue weighted by atomic mass is 16.5. The molecule has 1 N–H and O–H groups in total. The van der Waals surface area contributed by atoms with Gasteiger partial charge in [0, 0.05) is 13.1 Å². The van der Waals surface area contributed by atoms with Gasteiger partial charge < -0.3 is 14.5 Å². The Hall–Kier alpha value is -2.56. The summed E-state index contributed by atoms with van der Waals surface area (Å²) in [5.74, 6) is -0.697. The molecule has 0 bridgehead atoms. The van der Waals surface area contributed by atoms with Gasteiger partial charge in [0.2, 0.25) is 16.9 Å². The lowest BCUT2D eigenvalue weighted by atomic mass is 10.2. The first-order valence-corrected chi connectivity index (χ1v) is 5.73. The number of carbonyl (C=O) groups is 1. The lowest BCUT2D eigenvalue weighted by molar-refractivity contribution is 0.0925. The van der Waals surface area contributed by atoms with Crippen LogP contribution < -0.4 is 15.5 Å². The molecule has 0 saturated heterocycles.